The highest BCUT2D eigenvalue weighted by Crippen LogP contribution is 2.29. The monoisotopic (exact) mass is 393 g/mol. The van der Waals surface area contributed by atoms with Crippen molar-refractivity contribution in [2.75, 3.05) is 12.3 Å². The van der Waals surface area contributed by atoms with Crippen molar-refractivity contribution >= 4 is 28.7 Å². The van der Waals surface area contributed by atoms with Crippen LogP contribution in [0.25, 0.3) is 16.7 Å². The molecule has 2 aromatic carbocycles. The third-order valence-electron chi connectivity index (χ3n) is 5.57. The van der Waals surface area contributed by atoms with Crippen molar-refractivity contribution in [1.82, 2.24) is 14.5 Å². The molecule has 4 rings (SSSR count). The fourth-order valence-electron chi connectivity index (χ4n) is 4.01. The summed E-state index contributed by atoms with van der Waals surface area (Å²) in [7, 11) is 0. The van der Waals surface area contributed by atoms with Gasteiger partial charge >= 0.3 is 0 Å². The minimum absolute atomic E-state index is 0.235. The van der Waals surface area contributed by atoms with Gasteiger partial charge in [0.25, 0.3) is 0 Å². The lowest BCUT2D eigenvalue weighted by Gasteiger charge is -2.35. The molecule has 1 amide bonds. The minimum atomic E-state index is 0.235. The Kier molecular flexibility index (Phi) is 5.72. The fourth-order valence-corrected chi connectivity index (χ4v) is 4.92. The lowest BCUT2D eigenvalue weighted by Crippen LogP contribution is -2.44. The van der Waals surface area contributed by atoms with E-state index in [0.717, 1.165) is 47.7 Å². The Morgan fingerprint density at radius 1 is 1.14 bits per heavy atom. The van der Waals surface area contributed by atoms with Crippen molar-refractivity contribution in [1.29, 1.82) is 0 Å². The first-order valence-corrected chi connectivity index (χ1v) is 11.1. The van der Waals surface area contributed by atoms with E-state index in [1.807, 2.05) is 18.2 Å². The number of piperidine rings is 1. The van der Waals surface area contributed by atoms with Gasteiger partial charge in [-0.2, -0.15) is 0 Å². The smallest absolute Gasteiger partial charge is 0.233 e. The van der Waals surface area contributed by atoms with Gasteiger partial charge in [-0.3, -0.25) is 9.36 Å². The molecular weight excluding hydrogens is 366 g/mol. The molecule has 2 heterocycles. The zero-order chi connectivity index (χ0) is 19.5. The number of thioether (sulfide) groups is 1. The number of hydrogen-bond donors (Lipinski definition) is 0. The van der Waals surface area contributed by atoms with Crippen molar-refractivity contribution in [3.8, 4) is 5.69 Å². The number of aryl methyl sites for hydroxylation is 1. The summed E-state index contributed by atoms with van der Waals surface area (Å²) in [5.41, 5.74) is 4.35. The molecule has 1 aliphatic rings. The second-order valence-electron chi connectivity index (χ2n) is 7.49. The number of amides is 1. The van der Waals surface area contributed by atoms with Gasteiger partial charge in [-0.05, 0) is 56.9 Å². The fraction of sp³-hybridized carbons (Fsp3) is 0.391. The Labute approximate surface area is 170 Å². The highest BCUT2D eigenvalue weighted by Gasteiger charge is 2.25. The molecule has 0 bridgehead atoms. The van der Waals surface area contributed by atoms with Gasteiger partial charge in [0, 0.05) is 18.3 Å². The van der Waals surface area contributed by atoms with Crippen LogP contribution in [0.3, 0.4) is 0 Å². The van der Waals surface area contributed by atoms with Gasteiger partial charge in [-0.15, -0.1) is 0 Å². The van der Waals surface area contributed by atoms with Gasteiger partial charge in [0.2, 0.25) is 5.91 Å². The summed E-state index contributed by atoms with van der Waals surface area (Å²) in [6.07, 6.45) is 4.53. The number of fused-ring (bicyclic) bond motifs is 1. The number of aromatic nitrogens is 2. The van der Waals surface area contributed by atoms with E-state index in [9.17, 15) is 4.79 Å². The quantitative estimate of drug-likeness (QED) is 0.558. The predicted octanol–water partition coefficient (Wildman–Crippen LogP) is 5.22. The average Bonchev–Trinajstić information content (AvgIpc) is 3.11. The SMILES string of the molecule is CC[C@H]1CCCCN1C(=O)CSc1nc2ccccc2n1-c1ccc(C)cc1. The van der Waals surface area contributed by atoms with Crippen LogP contribution < -0.4 is 0 Å². The van der Waals surface area contributed by atoms with Crippen molar-refractivity contribution in [3.05, 3.63) is 54.1 Å². The maximum atomic E-state index is 12.9. The largest absolute Gasteiger partial charge is 0.339 e. The van der Waals surface area contributed by atoms with Gasteiger partial charge in [0.05, 0.1) is 16.8 Å². The predicted molar refractivity (Wildman–Crippen MR) is 116 cm³/mol. The molecule has 0 unspecified atom stereocenters. The van der Waals surface area contributed by atoms with Crippen molar-refractivity contribution in [3.63, 3.8) is 0 Å². The number of benzene rings is 2. The summed E-state index contributed by atoms with van der Waals surface area (Å²) < 4.78 is 2.17. The average molecular weight is 394 g/mol. The van der Waals surface area contributed by atoms with Crippen LogP contribution in [0.5, 0.6) is 0 Å². The molecule has 0 N–H and O–H groups in total. The number of imidazole rings is 1. The zero-order valence-corrected chi connectivity index (χ0v) is 17.4. The van der Waals surface area contributed by atoms with Crippen LogP contribution in [0.2, 0.25) is 0 Å². The molecule has 28 heavy (non-hydrogen) atoms. The summed E-state index contributed by atoms with van der Waals surface area (Å²) in [6.45, 7) is 5.17. The lowest BCUT2D eigenvalue weighted by molar-refractivity contribution is -0.132. The summed E-state index contributed by atoms with van der Waals surface area (Å²) in [5, 5.41) is 0.878. The molecule has 3 aromatic rings. The van der Waals surface area contributed by atoms with Gasteiger partial charge < -0.3 is 4.90 Å². The molecule has 5 heteroatoms. The Hall–Kier alpha value is -2.27. The Morgan fingerprint density at radius 3 is 2.71 bits per heavy atom. The van der Waals surface area contributed by atoms with Crippen LogP contribution in [0.1, 0.15) is 38.2 Å². The Balaban J connectivity index is 1.61. The zero-order valence-electron chi connectivity index (χ0n) is 16.6. The van der Waals surface area contributed by atoms with E-state index >= 15 is 0 Å². The normalized spacial score (nSPS) is 17.2. The molecule has 146 valence electrons. The molecule has 1 aromatic heterocycles. The second-order valence-corrected chi connectivity index (χ2v) is 8.43. The van der Waals surface area contributed by atoms with Gasteiger partial charge in [-0.25, -0.2) is 4.98 Å². The molecule has 0 aliphatic carbocycles. The maximum Gasteiger partial charge on any atom is 0.233 e. The van der Waals surface area contributed by atoms with E-state index in [1.165, 1.54) is 12.0 Å². The van der Waals surface area contributed by atoms with Crippen LogP contribution in [0, 0.1) is 6.92 Å². The summed E-state index contributed by atoms with van der Waals surface area (Å²) >= 11 is 1.55. The number of carbonyl (C=O) groups excluding carboxylic acids is 1. The van der Waals surface area contributed by atoms with Crippen molar-refractivity contribution in [2.24, 2.45) is 0 Å². The van der Waals surface area contributed by atoms with Crippen molar-refractivity contribution in [2.45, 2.75) is 50.7 Å². The second kappa shape index (κ2) is 8.39. The Morgan fingerprint density at radius 2 is 1.93 bits per heavy atom. The number of likely N-dealkylation sites (tertiary alicyclic amines) is 1. The van der Waals surface area contributed by atoms with E-state index in [4.69, 9.17) is 4.98 Å². The molecule has 4 nitrogen and oxygen atoms in total. The van der Waals surface area contributed by atoms with Crippen LogP contribution in [0.15, 0.2) is 53.7 Å². The van der Waals surface area contributed by atoms with E-state index in [2.05, 4.69) is 53.6 Å². The van der Waals surface area contributed by atoms with Crippen LogP contribution in [-0.2, 0) is 4.79 Å². The number of nitrogens with zero attached hydrogens (tertiary/aromatic N) is 3. The van der Waals surface area contributed by atoms with Crippen LogP contribution in [0.4, 0.5) is 0 Å². The first kappa shape index (κ1) is 19.1. The first-order chi connectivity index (χ1) is 13.7. The van der Waals surface area contributed by atoms with E-state index in [0.29, 0.717) is 11.8 Å². The highest BCUT2D eigenvalue weighted by atomic mass is 32.2. The molecule has 0 spiro atoms. The highest BCUT2D eigenvalue weighted by molar-refractivity contribution is 7.99. The van der Waals surface area contributed by atoms with E-state index < -0.39 is 0 Å². The topological polar surface area (TPSA) is 38.1 Å². The summed E-state index contributed by atoms with van der Waals surface area (Å²) in [5.74, 6) is 0.671. The number of carbonyl (C=O) groups is 1. The first-order valence-electron chi connectivity index (χ1n) is 10.1. The van der Waals surface area contributed by atoms with Gasteiger partial charge in [0.1, 0.15) is 0 Å². The van der Waals surface area contributed by atoms with E-state index in [-0.39, 0.29) is 5.91 Å². The number of hydrogen-bond acceptors (Lipinski definition) is 3. The number of para-hydroxylation sites is 2. The van der Waals surface area contributed by atoms with Gasteiger partial charge in [0.15, 0.2) is 5.16 Å². The summed E-state index contributed by atoms with van der Waals surface area (Å²) in [6, 6.07) is 17.0. The summed E-state index contributed by atoms with van der Waals surface area (Å²) in [4.78, 5) is 19.8. The lowest BCUT2D eigenvalue weighted by atomic mass is 10.0. The van der Waals surface area contributed by atoms with Crippen molar-refractivity contribution < 1.29 is 4.79 Å². The van der Waals surface area contributed by atoms with Crippen LogP contribution >= 0.6 is 11.8 Å². The molecule has 0 saturated carbocycles. The maximum absolute atomic E-state index is 12.9. The Bertz CT molecular complexity index is 964. The molecular formula is C23H27N3OS. The number of rotatable bonds is 5. The minimum Gasteiger partial charge on any atom is -0.339 e. The third-order valence-corrected chi connectivity index (χ3v) is 6.49. The third kappa shape index (κ3) is 3.81. The molecule has 1 atom stereocenters. The van der Waals surface area contributed by atoms with E-state index in [1.54, 1.807) is 11.8 Å². The molecule has 1 aliphatic heterocycles. The van der Waals surface area contributed by atoms with Crippen LogP contribution in [-0.4, -0.2) is 38.7 Å². The molecule has 1 saturated heterocycles. The molecule has 0 radical (unpaired) electrons. The van der Waals surface area contributed by atoms with Gasteiger partial charge in [-0.1, -0.05) is 48.5 Å². The standard InChI is InChI=1S/C23H27N3OS/c1-3-18-8-6-7-15-25(18)22(27)16-28-23-24-20-9-4-5-10-21(20)26(23)19-13-11-17(2)12-14-19/h4-5,9-14,18H,3,6-8,15-16H2,1-2H3/t18-/m0/s1. The molecule has 1 fully saturated rings.